The van der Waals surface area contributed by atoms with Crippen LogP contribution in [0.4, 0.5) is 5.69 Å². The summed E-state index contributed by atoms with van der Waals surface area (Å²) in [5.41, 5.74) is 3.01. The fraction of sp³-hybridized carbons (Fsp3) is 0.333. The van der Waals surface area contributed by atoms with Gasteiger partial charge in [-0.15, -0.1) is 6.58 Å². The van der Waals surface area contributed by atoms with Crippen LogP contribution in [-0.2, 0) is 11.8 Å². The highest BCUT2D eigenvalue weighted by atomic mass is 16.2. The molecule has 0 radical (unpaired) electrons. The van der Waals surface area contributed by atoms with Gasteiger partial charge in [0.2, 0.25) is 5.91 Å². The molecule has 2 aromatic rings. The number of amides is 1. The van der Waals surface area contributed by atoms with E-state index in [1.54, 1.807) is 0 Å². The zero-order valence-corrected chi connectivity index (χ0v) is 11.3. The zero-order chi connectivity index (χ0) is 13.6. The van der Waals surface area contributed by atoms with Crippen molar-refractivity contribution in [1.29, 1.82) is 0 Å². The third kappa shape index (κ3) is 1.84. The second-order valence-electron chi connectivity index (χ2n) is 5.11. The number of carbonyl (C=O) groups is 1. The molecular weight excluding hydrogens is 238 g/mol. The molecule has 0 N–H and O–H groups in total. The van der Waals surface area contributed by atoms with Crippen LogP contribution in [0.25, 0.3) is 10.9 Å². The topological polar surface area (TPSA) is 38.1 Å². The van der Waals surface area contributed by atoms with E-state index in [4.69, 9.17) is 0 Å². The predicted octanol–water partition coefficient (Wildman–Crippen LogP) is 2.42. The Balaban J connectivity index is 2.02. The maximum absolute atomic E-state index is 12.0. The summed E-state index contributed by atoms with van der Waals surface area (Å²) in [4.78, 5) is 13.8. The predicted molar refractivity (Wildman–Crippen MR) is 76.1 cm³/mol. The smallest absolute Gasteiger partial charge is 0.227 e. The molecule has 1 atom stereocenters. The van der Waals surface area contributed by atoms with Gasteiger partial charge < -0.3 is 4.90 Å². The van der Waals surface area contributed by atoms with Crippen LogP contribution in [0.2, 0.25) is 0 Å². The Morgan fingerprint density at radius 3 is 2.95 bits per heavy atom. The van der Waals surface area contributed by atoms with E-state index in [2.05, 4.69) is 11.7 Å². The molecule has 19 heavy (non-hydrogen) atoms. The Morgan fingerprint density at radius 2 is 2.26 bits per heavy atom. The lowest BCUT2D eigenvalue weighted by Crippen LogP contribution is -2.24. The van der Waals surface area contributed by atoms with Crippen LogP contribution in [0.15, 0.2) is 30.9 Å². The standard InChI is InChI=1S/C15H17N3O/c1-4-11-7-15(19)18(9-11)12-5-6-13-10(2)17(3)16-14(13)8-12/h4-6,8,11H,1,7,9H2,2-3H3. The van der Waals surface area contributed by atoms with Gasteiger partial charge in [-0.3, -0.25) is 9.48 Å². The third-order valence-electron chi connectivity index (χ3n) is 3.91. The fourth-order valence-electron chi connectivity index (χ4n) is 2.63. The first kappa shape index (κ1) is 12.0. The average Bonchev–Trinajstić information content (AvgIpc) is 2.91. The Bertz CT molecular complexity index is 671. The summed E-state index contributed by atoms with van der Waals surface area (Å²) in [5, 5.41) is 5.60. The van der Waals surface area contributed by atoms with E-state index >= 15 is 0 Å². The number of benzene rings is 1. The molecule has 1 aliphatic heterocycles. The summed E-state index contributed by atoms with van der Waals surface area (Å²) < 4.78 is 1.87. The quantitative estimate of drug-likeness (QED) is 0.773. The van der Waals surface area contributed by atoms with E-state index in [1.165, 1.54) is 0 Å². The number of nitrogens with zero attached hydrogens (tertiary/aromatic N) is 3. The summed E-state index contributed by atoms with van der Waals surface area (Å²) >= 11 is 0. The van der Waals surface area contributed by atoms with Crippen molar-refractivity contribution < 1.29 is 4.79 Å². The first-order valence-electron chi connectivity index (χ1n) is 6.46. The van der Waals surface area contributed by atoms with E-state index in [-0.39, 0.29) is 11.8 Å². The Kier molecular flexibility index (Phi) is 2.66. The van der Waals surface area contributed by atoms with Crippen molar-refractivity contribution in [1.82, 2.24) is 9.78 Å². The molecule has 4 heteroatoms. The monoisotopic (exact) mass is 255 g/mol. The van der Waals surface area contributed by atoms with Crippen molar-refractivity contribution >= 4 is 22.5 Å². The maximum atomic E-state index is 12.0. The van der Waals surface area contributed by atoms with Gasteiger partial charge in [0.1, 0.15) is 0 Å². The van der Waals surface area contributed by atoms with Gasteiger partial charge >= 0.3 is 0 Å². The van der Waals surface area contributed by atoms with Crippen molar-refractivity contribution in [3.63, 3.8) is 0 Å². The molecule has 1 aromatic carbocycles. The minimum Gasteiger partial charge on any atom is -0.312 e. The van der Waals surface area contributed by atoms with Crippen molar-refractivity contribution in [2.75, 3.05) is 11.4 Å². The largest absolute Gasteiger partial charge is 0.312 e. The van der Waals surface area contributed by atoms with Crippen LogP contribution in [0.5, 0.6) is 0 Å². The highest BCUT2D eigenvalue weighted by Crippen LogP contribution is 2.28. The molecule has 1 saturated heterocycles. The van der Waals surface area contributed by atoms with E-state index in [0.29, 0.717) is 6.42 Å². The molecule has 4 nitrogen and oxygen atoms in total. The number of aryl methyl sites for hydroxylation is 2. The van der Waals surface area contributed by atoms with Crippen LogP contribution in [0, 0.1) is 12.8 Å². The summed E-state index contributed by atoms with van der Waals surface area (Å²) in [6, 6.07) is 6.04. The van der Waals surface area contributed by atoms with Crippen LogP contribution >= 0.6 is 0 Å². The lowest BCUT2D eigenvalue weighted by Gasteiger charge is -2.16. The molecule has 0 aliphatic carbocycles. The van der Waals surface area contributed by atoms with Crippen molar-refractivity contribution in [2.45, 2.75) is 13.3 Å². The lowest BCUT2D eigenvalue weighted by atomic mass is 10.1. The van der Waals surface area contributed by atoms with E-state index in [9.17, 15) is 4.79 Å². The number of fused-ring (bicyclic) bond motifs is 1. The molecule has 0 saturated carbocycles. The molecule has 0 spiro atoms. The van der Waals surface area contributed by atoms with Crippen LogP contribution < -0.4 is 4.90 Å². The molecule has 1 amide bonds. The van der Waals surface area contributed by atoms with Gasteiger partial charge in [-0.1, -0.05) is 6.08 Å². The molecule has 98 valence electrons. The average molecular weight is 255 g/mol. The highest BCUT2D eigenvalue weighted by Gasteiger charge is 2.28. The van der Waals surface area contributed by atoms with Gasteiger partial charge in [-0.25, -0.2) is 0 Å². The number of aromatic nitrogens is 2. The molecule has 2 heterocycles. The van der Waals surface area contributed by atoms with Crippen LogP contribution in [0.1, 0.15) is 12.1 Å². The van der Waals surface area contributed by atoms with Crippen molar-refractivity contribution in [2.24, 2.45) is 13.0 Å². The number of anilines is 1. The first-order chi connectivity index (χ1) is 9.10. The van der Waals surface area contributed by atoms with E-state index in [1.807, 2.05) is 47.8 Å². The molecule has 3 rings (SSSR count). The lowest BCUT2D eigenvalue weighted by molar-refractivity contribution is -0.117. The zero-order valence-electron chi connectivity index (χ0n) is 11.3. The SMILES string of the molecule is C=CC1CC(=O)N(c2ccc3c(C)n(C)nc3c2)C1. The number of hydrogen-bond acceptors (Lipinski definition) is 2. The number of carbonyl (C=O) groups excluding carboxylic acids is 1. The second kappa shape index (κ2) is 4.23. The van der Waals surface area contributed by atoms with Crippen LogP contribution in [0.3, 0.4) is 0 Å². The summed E-state index contributed by atoms with van der Waals surface area (Å²) in [7, 11) is 1.93. The van der Waals surface area contributed by atoms with Gasteiger partial charge in [0.05, 0.1) is 5.52 Å². The Morgan fingerprint density at radius 1 is 1.47 bits per heavy atom. The third-order valence-corrected chi connectivity index (χ3v) is 3.91. The van der Waals surface area contributed by atoms with E-state index in [0.717, 1.165) is 28.8 Å². The maximum Gasteiger partial charge on any atom is 0.227 e. The molecule has 0 bridgehead atoms. The highest BCUT2D eigenvalue weighted by molar-refractivity contribution is 5.98. The molecular formula is C15H17N3O. The summed E-state index contributed by atoms with van der Waals surface area (Å²) in [6.45, 7) is 6.54. The van der Waals surface area contributed by atoms with Crippen molar-refractivity contribution in [3.05, 3.63) is 36.5 Å². The summed E-state index contributed by atoms with van der Waals surface area (Å²) in [6.07, 6.45) is 2.42. The van der Waals surface area contributed by atoms with Gasteiger partial charge in [0.15, 0.2) is 0 Å². The Labute approximate surface area is 112 Å². The van der Waals surface area contributed by atoms with E-state index < -0.39 is 0 Å². The minimum absolute atomic E-state index is 0.164. The van der Waals surface area contributed by atoms with Crippen LogP contribution in [-0.4, -0.2) is 22.2 Å². The summed E-state index contributed by atoms with van der Waals surface area (Å²) in [5.74, 6) is 0.422. The molecule has 1 aliphatic rings. The van der Waals surface area contributed by atoms with Crippen molar-refractivity contribution in [3.8, 4) is 0 Å². The Hall–Kier alpha value is -2.10. The number of hydrogen-bond donors (Lipinski definition) is 0. The number of rotatable bonds is 2. The minimum atomic E-state index is 0.164. The van der Waals surface area contributed by atoms with Gasteiger partial charge in [0, 0.05) is 42.7 Å². The molecule has 1 fully saturated rings. The molecule has 1 unspecified atom stereocenters. The second-order valence-corrected chi connectivity index (χ2v) is 5.11. The van der Waals surface area contributed by atoms with Gasteiger partial charge in [-0.05, 0) is 25.1 Å². The van der Waals surface area contributed by atoms with Gasteiger partial charge in [-0.2, -0.15) is 5.10 Å². The van der Waals surface area contributed by atoms with Gasteiger partial charge in [0.25, 0.3) is 0 Å². The first-order valence-corrected chi connectivity index (χ1v) is 6.46. The normalized spacial score (nSPS) is 19.4. The fourth-order valence-corrected chi connectivity index (χ4v) is 2.63. The molecule has 1 aromatic heterocycles.